The molecule has 0 bridgehead atoms. The van der Waals surface area contributed by atoms with Crippen LogP contribution in [0, 0.1) is 0 Å². The van der Waals surface area contributed by atoms with Crippen LogP contribution in [0.15, 0.2) is 90.3 Å². The van der Waals surface area contributed by atoms with Gasteiger partial charge in [0.05, 0.1) is 29.4 Å². The summed E-state index contributed by atoms with van der Waals surface area (Å²) in [5, 5.41) is 0.978. The Balaban J connectivity index is 0.00000384. The number of sulfonamides is 1. The van der Waals surface area contributed by atoms with E-state index in [1.165, 1.54) is 4.31 Å². The molecule has 1 aromatic heterocycles. The number of ether oxygens (including phenoxy) is 3. The Morgan fingerprint density at radius 2 is 1.73 bits per heavy atom. The molecule has 2 fully saturated rings. The smallest absolute Gasteiger partial charge is 0.243 e. The van der Waals surface area contributed by atoms with Crippen LogP contribution in [0.5, 0.6) is 5.75 Å². The summed E-state index contributed by atoms with van der Waals surface area (Å²) in [6, 6.07) is 19.3. The molecule has 14 heteroatoms. The molecule has 6 rings (SSSR count). The van der Waals surface area contributed by atoms with Crippen molar-refractivity contribution in [2.45, 2.75) is 23.3 Å². The van der Waals surface area contributed by atoms with Crippen LogP contribution in [-0.2, 0) is 31.8 Å². The number of hydrogen-bond donors (Lipinski definition) is 1. The third-order valence-electron chi connectivity index (χ3n) is 7.55. The first-order valence-corrected chi connectivity index (χ1v) is 16.0. The minimum Gasteiger partial charge on any atom is -0.491 e. The standard InChI is InChI=1S/C30H31Cl2N5O5S.H2O/c31-22-1-10-28(29(32)17-22)30(20-35-12-11-34-21-35)41-19-26(42-30)18-40-25-6-4-24(5-7-25)36-13-15-37(16-14-36)43(38,39)27-8-2-23(33)3-9-27;/h1-12,17,21,26H,13-16,18-20,33H2;1H2. The molecule has 2 saturated heterocycles. The highest BCUT2D eigenvalue weighted by molar-refractivity contribution is 7.89. The minimum atomic E-state index is -3.56. The van der Waals surface area contributed by atoms with Crippen LogP contribution < -0.4 is 15.4 Å². The van der Waals surface area contributed by atoms with Gasteiger partial charge in [-0.1, -0.05) is 29.3 Å². The molecule has 4 N–H and O–H groups in total. The van der Waals surface area contributed by atoms with Gasteiger partial charge in [0.15, 0.2) is 0 Å². The van der Waals surface area contributed by atoms with E-state index in [1.807, 2.05) is 41.1 Å². The fraction of sp³-hybridized carbons (Fsp3) is 0.300. The number of piperazine rings is 1. The predicted octanol–water partition coefficient (Wildman–Crippen LogP) is 3.81. The van der Waals surface area contributed by atoms with Crippen molar-refractivity contribution in [3.63, 3.8) is 0 Å². The normalized spacial score (nSPS) is 20.8. The van der Waals surface area contributed by atoms with Crippen molar-refractivity contribution in [2.24, 2.45) is 0 Å². The third-order valence-corrected chi connectivity index (χ3v) is 10.0. The van der Waals surface area contributed by atoms with E-state index in [-0.39, 0.29) is 23.1 Å². The lowest BCUT2D eigenvalue weighted by Crippen LogP contribution is -2.48. The number of benzene rings is 3. The summed E-state index contributed by atoms with van der Waals surface area (Å²) in [7, 11) is -3.56. The lowest BCUT2D eigenvalue weighted by Gasteiger charge is -2.35. The highest BCUT2D eigenvalue weighted by atomic mass is 35.5. The first-order valence-electron chi connectivity index (χ1n) is 13.8. The molecule has 0 amide bonds. The van der Waals surface area contributed by atoms with Crippen molar-refractivity contribution in [3.05, 3.63) is 101 Å². The minimum absolute atomic E-state index is 0. The van der Waals surface area contributed by atoms with Gasteiger partial charge in [0.1, 0.15) is 18.5 Å². The molecule has 2 aliphatic heterocycles. The summed E-state index contributed by atoms with van der Waals surface area (Å²) in [5.74, 6) is -0.433. The van der Waals surface area contributed by atoms with Crippen LogP contribution in [0.1, 0.15) is 5.56 Å². The molecule has 3 heterocycles. The predicted molar refractivity (Wildman–Crippen MR) is 169 cm³/mol. The van der Waals surface area contributed by atoms with Crippen LogP contribution in [0.2, 0.25) is 10.0 Å². The fourth-order valence-corrected chi connectivity index (χ4v) is 7.27. The molecule has 2 unspecified atom stereocenters. The van der Waals surface area contributed by atoms with Crippen LogP contribution in [0.3, 0.4) is 0 Å². The zero-order valence-electron chi connectivity index (χ0n) is 23.7. The van der Waals surface area contributed by atoms with Gasteiger partial charge in [0.2, 0.25) is 15.8 Å². The Morgan fingerprint density at radius 1 is 1.00 bits per heavy atom. The molecule has 2 aliphatic rings. The first kappa shape index (κ1) is 32.0. The third kappa shape index (κ3) is 6.81. The Labute approximate surface area is 266 Å². The highest BCUT2D eigenvalue weighted by Gasteiger charge is 2.45. The lowest BCUT2D eigenvalue weighted by atomic mass is 10.1. The number of aromatic nitrogens is 2. The van der Waals surface area contributed by atoms with Crippen molar-refractivity contribution in [3.8, 4) is 5.75 Å². The van der Waals surface area contributed by atoms with E-state index >= 15 is 0 Å². The van der Waals surface area contributed by atoms with E-state index in [1.54, 1.807) is 48.9 Å². The Morgan fingerprint density at radius 3 is 2.39 bits per heavy atom. The van der Waals surface area contributed by atoms with Gasteiger partial charge in [-0.25, -0.2) is 13.4 Å². The first-order chi connectivity index (χ1) is 20.7. The van der Waals surface area contributed by atoms with Gasteiger partial charge in [-0.05, 0) is 60.7 Å². The van der Waals surface area contributed by atoms with E-state index in [0.717, 1.165) is 5.69 Å². The largest absolute Gasteiger partial charge is 0.491 e. The molecule has 0 aliphatic carbocycles. The second-order valence-electron chi connectivity index (χ2n) is 10.4. The van der Waals surface area contributed by atoms with E-state index in [9.17, 15) is 8.42 Å². The topological polar surface area (TPSA) is 144 Å². The number of nitrogens with two attached hydrogens (primary N) is 1. The molecule has 0 spiro atoms. The number of imidazole rings is 1. The van der Waals surface area contributed by atoms with Crippen LogP contribution in [0.4, 0.5) is 11.4 Å². The molecule has 0 radical (unpaired) electrons. The Bertz CT molecular complexity index is 1650. The average molecular weight is 663 g/mol. The summed E-state index contributed by atoms with van der Waals surface area (Å²) in [5.41, 5.74) is 7.91. The molecule has 234 valence electrons. The summed E-state index contributed by atoms with van der Waals surface area (Å²) >= 11 is 12.7. The summed E-state index contributed by atoms with van der Waals surface area (Å²) in [6.45, 7) is 2.88. The number of hydrogen-bond acceptors (Lipinski definition) is 8. The van der Waals surface area contributed by atoms with E-state index < -0.39 is 15.8 Å². The SMILES string of the molecule is Nc1ccc(S(=O)(=O)N2CCN(c3ccc(OCC4COC(Cn5ccnc5)(c5ccc(Cl)cc5Cl)O4)cc3)CC2)cc1.O. The maximum atomic E-state index is 13.0. The summed E-state index contributed by atoms with van der Waals surface area (Å²) in [4.78, 5) is 6.54. The second kappa shape index (κ2) is 13.3. The molecular weight excluding hydrogens is 629 g/mol. The van der Waals surface area contributed by atoms with Gasteiger partial charge in [0.25, 0.3) is 0 Å². The van der Waals surface area contributed by atoms with Crippen LogP contribution in [-0.4, -0.2) is 73.2 Å². The van der Waals surface area contributed by atoms with Crippen molar-refractivity contribution >= 4 is 44.6 Å². The number of nitrogen functional groups attached to an aromatic ring is 1. The monoisotopic (exact) mass is 661 g/mol. The van der Waals surface area contributed by atoms with Crippen molar-refractivity contribution in [1.29, 1.82) is 0 Å². The van der Waals surface area contributed by atoms with Gasteiger partial charge in [-0.3, -0.25) is 0 Å². The summed E-state index contributed by atoms with van der Waals surface area (Å²) in [6.07, 6.45) is 4.89. The molecule has 3 aromatic carbocycles. The quantitative estimate of drug-likeness (QED) is 0.267. The number of nitrogens with zero attached hydrogens (tertiary/aromatic N) is 4. The van der Waals surface area contributed by atoms with Gasteiger partial charge in [-0.15, -0.1) is 0 Å². The van der Waals surface area contributed by atoms with Crippen molar-refractivity contribution in [2.75, 3.05) is 50.0 Å². The Kier molecular flexibility index (Phi) is 9.71. The van der Waals surface area contributed by atoms with E-state index in [0.29, 0.717) is 66.4 Å². The van der Waals surface area contributed by atoms with Gasteiger partial charge in [0, 0.05) is 60.5 Å². The van der Waals surface area contributed by atoms with Gasteiger partial charge < -0.3 is 34.9 Å². The summed E-state index contributed by atoms with van der Waals surface area (Å²) < 4.78 is 48.2. The van der Waals surface area contributed by atoms with Crippen molar-refractivity contribution < 1.29 is 28.1 Å². The van der Waals surface area contributed by atoms with Gasteiger partial charge >= 0.3 is 0 Å². The Hall–Kier alpha value is -3.36. The van der Waals surface area contributed by atoms with Crippen LogP contribution in [0.25, 0.3) is 0 Å². The molecule has 0 saturated carbocycles. The van der Waals surface area contributed by atoms with Gasteiger partial charge in [-0.2, -0.15) is 4.31 Å². The molecule has 11 nitrogen and oxygen atoms in total. The molecule has 44 heavy (non-hydrogen) atoms. The average Bonchev–Trinajstić information content (AvgIpc) is 3.67. The number of anilines is 2. The number of rotatable bonds is 9. The van der Waals surface area contributed by atoms with Crippen LogP contribution >= 0.6 is 23.2 Å². The molecule has 2 atom stereocenters. The zero-order chi connectivity index (χ0) is 30.0. The lowest BCUT2D eigenvalue weighted by molar-refractivity contribution is -0.189. The maximum Gasteiger partial charge on any atom is 0.243 e. The molecular formula is C30H33Cl2N5O6S. The van der Waals surface area contributed by atoms with Crippen molar-refractivity contribution in [1.82, 2.24) is 13.9 Å². The second-order valence-corrected chi connectivity index (χ2v) is 13.2. The highest BCUT2D eigenvalue weighted by Crippen LogP contribution is 2.40. The maximum absolute atomic E-state index is 13.0. The zero-order valence-corrected chi connectivity index (χ0v) is 26.0. The van der Waals surface area contributed by atoms with E-state index in [4.69, 9.17) is 43.1 Å². The fourth-order valence-electron chi connectivity index (χ4n) is 5.29. The number of halogens is 2. The van der Waals surface area contributed by atoms with E-state index in [2.05, 4.69) is 9.88 Å². The molecule has 4 aromatic rings.